The number of hydrogen-bond acceptors (Lipinski definition) is 3. The van der Waals surface area contributed by atoms with Gasteiger partial charge in [-0.3, -0.25) is 4.99 Å². The Labute approximate surface area is 149 Å². The van der Waals surface area contributed by atoms with Gasteiger partial charge in [-0.25, -0.2) is 8.42 Å². The lowest BCUT2D eigenvalue weighted by Gasteiger charge is -2.28. The summed E-state index contributed by atoms with van der Waals surface area (Å²) in [6.07, 6.45) is 8.60. The van der Waals surface area contributed by atoms with Crippen molar-refractivity contribution >= 4 is 15.8 Å². The van der Waals surface area contributed by atoms with Crippen molar-refractivity contribution in [2.75, 3.05) is 32.1 Å². The van der Waals surface area contributed by atoms with Gasteiger partial charge < -0.3 is 10.6 Å². The van der Waals surface area contributed by atoms with Gasteiger partial charge in [-0.2, -0.15) is 0 Å². The van der Waals surface area contributed by atoms with Gasteiger partial charge in [0, 0.05) is 26.4 Å². The number of nitrogens with zero attached hydrogens (tertiary/aromatic N) is 1. The van der Waals surface area contributed by atoms with Gasteiger partial charge >= 0.3 is 0 Å². The van der Waals surface area contributed by atoms with E-state index < -0.39 is 9.84 Å². The predicted octanol–water partition coefficient (Wildman–Crippen LogP) is 2.83. The number of nitrogens with one attached hydrogen (secondary N) is 2. The minimum atomic E-state index is -2.91. The molecular weight excluding hydrogens is 322 g/mol. The summed E-state index contributed by atoms with van der Waals surface area (Å²) in [7, 11) is -1.13. The van der Waals surface area contributed by atoms with Crippen molar-refractivity contribution in [2.24, 2.45) is 22.2 Å². The number of aliphatic imine (C=N–C) groups is 1. The third-order valence-electron chi connectivity index (χ3n) is 5.00. The topological polar surface area (TPSA) is 70.6 Å². The quantitative estimate of drug-likeness (QED) is 0.516. The van der Waals surface area contributed by atoms with E-state index in [0.717, 1.165) is 24.3 Å². The van der Waals surface area contributed by atoms with Gasteiger partial charge in [-0.05, 0) is 36.5 Å². The van der Waals surface area contributed by atoms with Crippen LogP contribution in [0.25, 0.3) is 0 Å². The van der Waals surface area contributed by atoms with Crippen LogP contribution in [0.2, 0.25) is 0 Å². The first-order valence-corrected chi connectivity index (χ1v) is 11.3. The molecule has 0 spiro atoms. The van der Waals surface area contributed by atoms with Crippen LogP contribution in [0.5, 0.6) is 0 Å². The highest BCUT2D eigenvalue weighted by molar-refractivity contribution is 7.90. The molecule has 0 bridgehead atoms. The van der Waals surface area contributed by atoms with Crippen molar-refractivity contribution in [1.29, 1.82) is 0 Å². The van der Waals surface area contributed by atoms with Gasteiger partial charge in [-0.1, -0.05) is 40.0 Å². The van der Waals surface area contributed by atoms with E-state index in [-0.39, 0.29) is 11.2 Å². The third-order valence-corrected chi connectivity index (χ3v) is 5.94. The summed E-state index contributed by atoms with van der Waals surface area (Å²) in [5.74, 6) is 2.75. The Kier molecular flexibility index (Phi) is 8.54. The molecule has 2 unspecified atom stereocenters. The van der Waals surface area contributed by atoms with E-state index in [0.29, 0.717) is 13.0 Å². The highest BCUT2D eigenvalue weighted by Crippen LogP contribution is 2.30. The second-order valence-corrected chi connectivity index (χ2v) is 10.6. The van der Waals surface area contributed by atoms with Crippen molar-refractivity contribution in [3.05, 3.63) is 0 Å². The molecule has 2 atom stereocenters. The summed E-state index contributed by atoms with van der Waals surface area (Å²) in [5, 5.41) is 6.73. The molecule has 1 fully saturated rings. The molecule has 0 radical (unpaired) electrons. The lowest BCUT2D eigenvalue weighted by Crippen LogP contribution is -2.43. The average Bonchev–Trinajstić information content (AvgIpc) is 2.48. The Hall–Kier alpha value is -0.780. The fourth-order valence-electron chi connectivity index (χ4n) is 3.31. The standard InChI is InChI=1S/C18H37N3O2S/c1-15-7-6-8-16(13-15)9-11-20-17(19-4)21-14-18(2,3)10-12-24(5,22)23/h15-16H,6-14H2,1-5H3,(H2,19,20,21). The molecule has 6 heteroatoms. The second-order valence-electron chi connectivity index (χ2n) is 8.32. The molecule has 0 amide bonds. The van der Waals surface area contributed by atoms with Crippen molar-refractivity contribution < 1.29 is 8.42 Å². The summed E-state index contributed by atoms with van der Waals surface area (Å²) in [4.78, 5) is 4.27. The summed E-state index contributed by atoms with van der Waals surface area (Å²) in [6, 6.07) is 0. The van der Waals surface area contributed by atoms with E-state index >= 15 is 0 Å². The van der Waals surface area contributed by atoms with Gasteiger partial charge in [0.15, 0.2) is 5.96 Å². The van der Waals surface area contributed by atoms with Gasteiger partial charge in [-0.15, -0.1) is 0 Å². The molecular formula is C18H37N3O2S. The minimum absolute atomic E-state index is 0.0838. The van der Waals surface area contributed by atoms with E-state index in [1.807, 2.05) is 0 Å². The first kappa shape index (κ1) is 21.3. The molecule has 1 saturated carbocycles. The monoisotopic (exact) mass is 359 g/mol. The zero-order valence-corrected chi connectivity index (χ0v) is 17.0. The number of guanidine groups is 1. The zero-order chi connectivity index (χ0) is 18.2. The van der Waals surface area contributed by atoms with Crippen molar-refractivity contribution in [1.82, 2.24) is 10.6 Å². The van der Waals surface area contributed by atoms with Crippen LogP contribution in [0, 0.1) is 17.3 Å². The Morgan fingerprint density at radius 2 is 1.96 bits per heavy atom. The molecule has 0 heterocycles. The van der Waals surface area contributed by atoms with Gasteiger partial charge in [0.1, 0.15) is 9.84 Å². The molecule has 2 N–H and O–H groups in total. The van der Waals surface area contributed by atoms with E-state index in [1.165, 1.54) is 38.4 Å². The highest BCUT2D eigenvalue weighted by Gasteiger charge is 2.21. The molecule has 1 aliphatic carbocycles. The van der Waals surface area contributed by atoms with Crippen LogP contribution in [-0.4, -0.2) is 46.5 Å². The third kappa shape index (κ3) is 9.50. The number of sulfone groups is 1. The maximum atomic E-state index is 11.3. The smallest absolute Gasteiger partial charge is 0.190 e. The molecule has 0 aliphatic heterocycles. The first-order valence-electron chi connectivity index (χ1n) is 9.23. The molecule has 5 nitrogen and oxygen atoms in total. The first-order chi connectivity index (χ1) is 11.1. The van der Waals surface area contributed by atoms with Gasteiger partial charge in [0.25, 0.3) is 0 Å². The second kappa shape index (κ2) is 9.64. The predicted molar refractivity (Wildman–Crippen MR) is 103 cm³/mol. The largest absolute Gasteiger partial charge is 0.356 e. The fraction of sp³-hybridized carbons (Fsp3) is 0.944. The number of hydrogen-bond donors (Lipinski definition) is 2. The van der Waals surface area contributed by atoms with Gasteiger partial charge in [0.2, 0.25) is 0 Å². The molecule has 0 aromatic carbocycles. The lowest BCUT2D eigenvalue weighted by atomic mass is 9.81. The Morgan fingerprint density at radius 1 is 1.25 bits per heavy atom. The SMILES string of the molecule is CN=C(NCCC1CCCC(C)C1)NCC(C)(C)CCS(C)(=O)=O. The summed E-state index contributed by atoms with van der Waals surface area (Å²) < 4.78 is 22.7. The van der Waals surface area contributed by atoms with Crippen molar-refractivity contribution in [3.8, 4) is 0 Å². The zero-order valence-electron chi connectivity index (χ0n) is 16.2. The minimum Gasteiger partial charge on any atom is -0.356 e. The van der Waals surface area contributed by atoms with E-state index in [9.17, 15) is 8.42 Å². The lowest BCUT2D eigenvalue weighted by molar-refractivity contribution is 0.270. The summed E-state index contributed by atoms with van der Waals surface area (Å²) in [6.45, 7) is 8.19. The van der Waals surface area contributed by atoms with E-state index in [2.05, 4.69) is 36.4 Å². The Balaban J connectivity index is 2.29. The molecule has 0 aromatic heterocycles. The van der Waals surface area contributed by atoms with Crippen LogP contribution in [-0.2, 0) is 9.84 Å². The molecule has 0 aromatic rings. The van der Waals surface area contributed by atoms with Crippen LogP contribution in [0.4, 0.5) is 0 Å². The maximum Gasteiger partial charge on any atom is 0.190 e. The van der Waals surface area contributed by atoms with Crippen LogP contribution < -0.4 is 10.6 Å². The molecule has 0 saturated heterocycles. The van der Waals surface area contributed by atoms with Crippen LogP contribution in [0.1, 0.15) is 59.3 Å². The van der Waals surface area contributed by atoms with E-state index in [4.69, 9.17) is 0 Å². The maximum absolute atomic E-state index is 11.3. The Morgan fingerprint density at radius 3 is 2.54 bits per heavy atom. The van der Waals surface area contributed by atoms with Crippen LogP contribution in [0.3, 0.4) is 0 Å². The normalized spacial score (nSPS) is 23.1. The van der Waals surface area contributed by atoms with Crippen molar-refractivity contribution in [2.45, 2.75) is 59.3 Å². The average molecular weight is 360 g/mol. The molecule has 24 heavy (non-hydrogen) atoms. The molecule has 142 valence electrons. The van der Waals surface area contributed by atoms with Crippen LogP contribution >= 0.6 is 0 Å². The van der Waals surface area contributed by atoms with E-state index in [1.54, 1.807) is 7.05 Å². The summed E-state index contributed by atoms with van der Waals surface area (Å²) in [5.41, 5.74) is -0.0838. The molecule has 1 aliphatic rings. The molecule has 1 rings (SSSR count). The number of rotatable bonds is 8. The van der Waals surface area contributed by atoms with Gasteiger partial charge in [0.05, 0.1) is 5.75 Å². The van der Waals surface area contributed by atoms with Crippen molar-refractivity contribution in [3.63, 3.8) is 0 Å². The fourth-order valence-corrected chi connectivity index (χ4v) is 4.23. The summed E-state index contributed by atoms with van der Waals surface area (Å²) >= 11 is 0. The highest BCUT2D eigenvalue weighted by atomic mass is 32.2. The van der Waals surface area contributed by atoms with Crippen LogP contribution in [0.15, 0.2) is 4.99 Å². The Bertz CT molecular complexity index is 500.